The van der Waals surface area contributed by atoms with Crippen LogP contribution in [0.15, 0.2) is 133 Å². The zero-order valence-corrected chi connectivity index (χ0v) is 26.6. The molecule has 37 heavy (non-hydrogen) atoms. The van der Waals surface area contributed by atoms with Crippen LogP contribution in [-0.2, 0) is 38.7 Å². The molecule has 0 nitrogen and oxygen atoms in total. The number of aryl methyl sites for hydroxylation is 3. The van der Waals surface area contributed by atoms with E-state index in [-0.39, 0.29) is 33.8 Å². The minimum absolute atomic E-state index is 0. The molecule has 6 aromatic carbocycles. The second-order valence-electron chi connectivity index (χ2n) is 9.37. The van der Waals surface area contributed by atoms with Crippen molar-refractivity contribution < 1.29 is 25.8 Å². The molecule has 2 heteroatoms. The average Bonchev–Trinajstić information content (AvgIpc) is 3.52. The summed E-state index contributed by atoms with van der Waals surface area (Å²) < 4.78 is 0. The van der Waals surface area contributed by atoms with E-state index < -0.39 is 0 Å². The summed E-state index contributed by atoms with van der Waals surface area (Å²) in [6.45, 7) is 6.72. The Bertz CT molecular complexity index is 1350. The van der Waals surface area contributed by atoms with Gasteiger partial charge in [-0.05, 0) is 37.3 Å². The van der Waals surface area contributed by atoms with Gasteiger partial charge in [-0.3, -0.25) is 0 Å². The molecule has 0 N–H and O–H groups in total. The van der Waals surface area contributed by atoms with Crippen LogP contribution in [0.2, 0.25) is 0 Å². The van der Waals surface area contributed by atoms with E-state index in [1.165, 1.54) is 43.5 Å². The number of rotatable bonds is 4. The summed E-state index contributed by atoms with van der Waals surface area (Å²) in [6, 6.07) is 47.2. The summed E-state index contributed by atoms with van der Waals surface area (Å²) in [7, 11) is 0.0576. The van der Waals surface area contributed by atoms with Crippen LogP contribution in [0.5, 0.6) is 0 Å². The Kier molecular flexibility index (Phi) is 11.7. The Hall–Kier alpha value is -2.60. The predicted molar refractivity (Wildman–Crippen MR) is 163 cm³/mol. The van der Waals surface area contributed by atoms with E-state index in [1.54, 1.807) is 0 Å². The first-order valence-electron chi connectivity index (χ1n) is 12.6. The van der Waals surface area contributed by atoms with Gasteiger partial charge in [-0.2, -0.15) is 12.1 Å². The number of hydrogen-bond donors (Lipinski definition) is 0. The molecule has 0 atom stereocenters. The van der Waals surface area contributed by atoms with E-state index in [9.17, 15) is 0 Å². The van der Waals surface area contributed by atoms with Gasteiger partial charge in [0.05, 0.1) is 0 Å². The Morgan fingerprint density at radius 3 is 1.43 bits per heavy atom. The summed E-state index contributed by atoms with van der Waals surface area (Å²) in [4.78, 5) is 0. The van der Waals surface area contributed by atoms with Crippen molar-refractivity contribution in [2.24, 2.45) is 0 Å². The fraction of sp³-hybridized carbons (Fsp3) is 0.143. The van der Waals surface area contributed by atoms with E-state index in [0.717, 1.165) is 12.8 Å². The first-order valence-corrected chi connectivity index (χ1v) is 14.8. The minimum atomic E-state index is 0. The van der Waals surface area contributed by atoms with Gasteiger partial charge >= 0.3 is 0 Å². The minimum Gasteiger partial charge on any atom is -0.165 e. The Morgan fingerprint density at radius 2 is 0.973 bits per heavy atom. The summed E-state index contributed by atoms with van der Waals surface area (Å²) in [6.07, 6.45) is 2.26. The Labute approximate surface area is 242 Å². The van der Waals surface area contributed by atoms with Gasteiger partial charge in [0.2, 0.25) is 0 Å². The van der Waals surface area contributed by atoms with Gasteiger partial charge in [0, 0.05) is 25.8 Å². The molecule has 0 heterocycles. The van der Waals surface area contributed by atoms with Gasteiger partial charge in [0.1, 0.15) is 0 Å². The SMILES string of the molecule is CP(C)c1cc2ccccc2[cH-]1.Cc1cc2ccccc2[cH-]1.[Hf].c1ccc(CCc2ccccc2)cc1. The molecule has 0 aliphatic carbocycles. The largest absolute Gasteiger partial charge is 0.165 e. The molecule has 6 rings (SSSR count). The van der Waals surface area contributed by atoms with Crippen molar-refractivity contribution in [1.29, 1.82) is 0 Å². The summed E-state index contributed by atoms with van der Waals surface area (Å²) >= 11 is 0. The standard InChI is InChI=1S/C14H14.C11H12P.C10H9.Hf/c1-3-7-13(8-4-1)11-12-14-9-5-2-6-10-14;1-12(2)11-7-9-5-3-4-6-10(9)8-11;1-8-6-9-4-2-3-5-10(9)7-8;/h1-10H,11-12H2;3-8H,1-2H3;2-7H,1H3;/q;2*-1;. The molecule has 6 aromatic rings. The average molecular weight is 665 g/mol. The van der Waals surface area contributed by atoms with Crippen LogP contribution < -0.4 is 5.30 Å². The maximum Gasteiger partial charge on any atom is 0 e. The van der Waals surface area contributed by atoms with Crippen LogP contribution in [0.1, 0.15) is 16.7 Å². The maximum atomic E-state index is 2.31. The van der Waals surface area contributed by atoms with Crippen LogP contribution >= 0.6 is 7.92 Å². The fourth-order valence-corrected chi connectivity index (χ4v) is 5.07. The monoisotopic (exact) mass is 666 g/mol. The van der Waals surface area contributed by atoms with Crippen molar-refractivity contribution in [2.45, 2.75) is 19.8 Å². The van der Waals surface area contributed by atoms with Crippen molar-refractivity contribution in [3.8, 4) is 0 Å². The zero-order valence-electron chi connectivity index (χ0n) is 22.1. The van der Waals surface area contributed by atoms with Crippen molar-refractivity contribution in [2.75, 3.05) is 13.3 Å². The summed E-state index contributed by atoms with van der Waals surface area (Å²) in [5, 5.41) is 6.96. The first-order chi connectivity index (χ1) is 17.6. The molecule has 0 spiro atoms. The molecule has 0 saturated heterocycles. The molecule has 0 saturated carbocycles. The third kappa shape index (κ3) is 9.03. The maximum absolute atomic E-state index is 2.31. The number of hydrogen-bond acceptors (Lipinski definition) is 0. The molecular formula is C35H35HfP-2. The second kappa shape index (κ2) is 15.0. The molecular weight excluding hydrogens is 630 g/mol. The molecule has 0 aliphatic heterocycles. The van der Waals surface area contributed by atoms with E-state index in [0.29, 0.717) is 0 Å². The van der Waals surface area contributed by atoms with Crippen LogP contribution in [0, 0.1) is 6.92 Å². The Balaban J connectivity index is 0.000000154. The normalized spacial score (nSPS) is 10.3. The molecule has 0 aliphatic rings. The topological polar surface area (TPSA) is 0 Å². The third-order valence-electron chi connectivity index (χ3n) is 6.27. The van der Waals surface area contributed by atoms with Crippen molar-refractivity contribution in [3.05, 3.63) is 150 Å². The van der Waals surface area contributed by atoms with E-state index >= 15 is 0 Å². The van der Waals surface area contributed by atoms with Gasteiger partial charge in [-0.15, -0.1) is 88.9 Å². The predicted octanol–water partition coefficient (Wildman–Crippen LogP) is 9.26. The van der Waals surface area contributed by atoms with Gasteiger partial charge in [-0.1, -0.05) is 79.7 Å². The van der Waals surface area contributed by atoms with Crippen LogP contribution in [-0.4, -0.2) is 13.3 Å². The summed E-state index contributed by atoms with van der Waals surface area (Å²) in [5.74, 6) is 0. The molecule has 0 amide bonds. The molecule has 186 valence electrons. The van der Waals surface area contributed by atoms with Gasteiger partial charge < -0.3 is 0 Å². The van der Waals surface area contributed by atoms with Gasteiger partial charge in [0.25, 0.3) is 0 Å². The fourth-order valence-electron chi connectivity index (χ4n) is 4.28. The van der Waals surface area contributed by atoms with Crippen molar-refractivity contribution in [1.82, 2.24) is 0 Å². The quantitative estimate of drug-likeness (QED) is 0.100. The Morgan fingerprint density at radius 1 is 0.541 bits per heavy atom. The van der Waals surface area contributed by atoms with E-state index in [4.69, 9.17) is 0 Å². The van der Waals surface area contributed by atoms with E-state index in [1.807, 2.05) is 0 Å². The number of benzene rings is 4. The molecule has 0 bridgehead atoms. The molecule has 0 radical (unpaired) electrons. The van der Waals surface area contributed by atoms with Gasteiger partial charge in [-0.25, -0.2) is 0 Å². The molecule has 0 aromatic heterocycles. The smallest absolute Gasteiger partial charge is 0 e. The second-order valence-corrected chi connectivity index (χ2v) is 11.7. The van der Waals surface area contributed by atoms with Crippen LogP contribution in [0.3, 0.4) is 0 Å². The van der Waals surface area contributed by atoms with Crippen LogP contribution in [0.25, 0.3) is 21.5 Å². The summed E-state index contributed by atoms with van der Waals surface area (Å²) in [5.41, 5.74) is 4.17. The zero-order chi connectivity index (χ0) is 25.2. The van der Waals surface area contributed by atoms with Crippen molar-refractivity contribution in [3.63, 3.8) is 0 Å². The number of fused-ring (bicyclic) bond motifs is 2. The third-order valence-corrected chi connectivity index (χ3v) is 7.56. The van der Waals surface area contributed by atoms with Crippen molar-refractivity contribution >= 4 is 34.8 Å². The van der Waals surface area contributed by atoms with Crippen LogP contribution in [0.4, 0.5) is 0 Å². The molecule has 0 unspecified atom stereocenters. The molecule has 0 fully saturated rings. The van der Waals surface area contributed by atoms with Gasteiger partial charge in [0.15, 0.2) is 0 Å². The first kappa shape index (κ1) is 29.0. The van der Waals surface area contributed by atoms with E-state index in [2.05, 4.69) is 154 Å².